The molecule has 0 spiro atoms. The molecule has 9 heteroatoms. The van der Waals surface area contributed by atoms with Gasteiger partial charge < -0.3 is 19.7 Å². The summed E-state index contributed by atoms with van der Waals surface area (Å²) in [7, 11) is -1.64. The quantitative estimate of drug-likeness (QED) is 0.579. The van der Waals surface area contributed by atoms with E-state index in [9.17, 15) is 9.28 Å². The van der Waals surface area contributed by atoms with Crippen LogP contribution in [0.25, 0.3) is 16.4 Å². The molecule has 3 aromatic rings. The maximum absolute atomic E-state index is 12.9. The molecule has 1 aromatic carbocycles. The van der Waals surface area contributed by atoms with Crippen molar-refractivity contribution < 1.29 is 18.3 Å². The Bertz CT molecular complexity index is 902. The van der Waals surface area contributed by atoms with Crippen LogP contribution in [-0.4, -0.2) is 38.7 Å². The number of hydrogen-bond donors (Lipinski definition) is 2. The van der Waals surface area contributed by atoms with E-state index in [0.717, 1.165) is 36.1 Å². The molecule has 1 fully saturated rings. The third kappa shape index (κ3) is 6.39. The molecule has 2 aromatic heterocycles. The first-order valence-corrected chi connectivity index (χ1v) is 11.1. The molecule has 158 valence electrons. The van der Waals surface area contributed by atoms with Crippen LogP contribution in [0.2, 0.25) is 0 Å². The summed E-state index contributed by atoms with van der Waals surface area (Å²) in [5.41, 5.74) is 7.42. The maximum atomic E-state index is 12.9. The highest BCUT2D eigenvalue weighted by Crippen LogP contribution is 2.34. The zero-order chi connectivity index (χ0) is 20.6. The normalized spacial score (nSPS) is 20.4. The molecular weight excluding hydrogens is 394 g/mol. The number of rotatable bonds is 6. The van der Waals surface area contributed by atoms with Crippen molar-refractivity contribution in [2.45, 2.75) is 45.1 Å². The highest BCUT2D eigenvalue weighted by atomic mass is 31.2. The van der Waals surface area contributed by atoms with Gasteiger partial charge in [-0.1, -0.05) is 0 Å². The predicted molar refractivity (Wildman–Crippen MR) is 112 cm³/mol. The van der Waals surface area contributed by atoms with Crippen LogP contribution in [-0.2, 0) is 9.05 Å². The largest absolute Gasteiger partial charge is 0.329 e. The summed E-state index contributed by atoms with van der Waals surface area (Å²) in [5, 5.41) is 5.13. The van der Waals surface area contributed by atoms with Crippen molar-refractivity contribution in [1.29, 1.82) is 0 Å². The number of benzene rings is 1. The molecule has 0 aliphatic heterocycles. The van der Waals surface area contributed by atoms with Crippen molar-refractivity contribution in [2.75, 3.05) is 13.2 Å². The molecular formula is C20H28FN4O3P. The van der Waals surface area contributed by atoms with Gasteiger partial charge in [-0.25, -0.2) is 13.9 Å². The Morgan fingerprint density at radius 3 is 2.79 bits per heavy atom. The summed E-state index contributed by atoms with van der Waals surface area (Å²) in [6, 6.07) is 6.84. The van der Waals surface area contributed by atoms with Gasteiger partial charge in [-0.15, -0.1) is 0 Å². The van der Waals surface area contributed by atoms with E-state index < -0.39 is 8.60 Å². The molecule has 3 N–H and O–H groups in total. The van der Waals surface area contributed by atoms with Crippen LogP contribution >= 0.6 is 8.60 Å². The molecule has 1 saturated carbocycles. The van der Waals surface area contributed by atoms with E-state index in [2.05, 4.69) is 10.1 Å². The van der Waals surface area contributed by atoms with Crippen molar-refractivity contribution in [3.05, 3.63) is 42.6 Å². The molecule has 0 radical (unpaired) electrons. The van der Waals surface area contributed by atoms with Crippen LogP contribution in [0.15, 0.2) is 36.8 Å². The summed E-state index contributed by atoms with van der Waals surface area (Å²) < 4.78 is 24.6. The van der Waals surface area contributed by atoms with Crippen LogP contribution in [0.4, 0.5) is 4.39 Å². The lowest BCUT2D eigenvalue weighted by Crippen LogP contribution is -2.26. The molecule has 0 amide bonds. The SMILES string of the molecule is CCOP(O)OCCC1CCC(N)CC1.Fc1ccc2c(c1)nn1cnccc21. The summed E-state index contributed by atoms with van der Waals surface area (Å²) >= 11 is 0. The summed E-state index contributed by atoms with van der Waals surface area (Å²) in [6.07, 6.45) is 8.96. The first kappa shape index (κ1) is 22.0. The van der Waals surface area contributed by atoms with Gasteiger partial charge in [-0.05, 0) is 63.1 Å². The van der Waals surface area contributed by atoms with Crippen molar-refractivity contribution in [3.63, 3.8) is 0 Å². The van der Waals surface area contributed by atoms with E-state index in [1.54, 1.807) is 23.1 Å². The highest BCUT2D eigenvalue weighted by molar-refractivity contribution is 7.40. The Morgan fingerprint density at radius 2 is 2.03 bits per heavy atom. The van der Waals surface area contributed by atoms with Crippen molar-refractivity contribution in [3.8, 4) is 0 Å². The molecule has 4 rings (SSSR count). The van der Waals surface area contributed by atoms with Gasteiger partial charge in [0.1, 0.15) is 12.1 Å². The number of nitrogens with two attached hydrogens (primary N) is 1. The Kier molecular flexibility index (Phi) is 8.27. The van der Waals surface area contributed by atoms with Gasteiger partial charge in [0.25, 0.3) is 0 Å². The van der Waals surface area contributed by atoms with Crippen molar-refractivity contribution in [1.82, 2.24) is 14.6 Å². The van der Waals surface area contributed by atoms with Crippen LogP contribution < -0.4 is 5.73 Å². The van der Waals surface area contributed by atoms with Gasteiger partial charge in [0, 0.05) is 23.7 Å². The summed E-state index contributed by atoms with van der Waals surface area (Å²) in [5.74, 6) is 0.448. The third-order valence-corrected chi connectivity index (χ3v) is 5.93. The monoisotopic (exact) mass is 422 g/mol. The smallest absolute Gasteiger partial charge is 0.328 e. The standard InChI is InChI=1S/C10H6FN3.C10H22NO3P/c11-7-1-2-8-9(5-7)13-14-6-12-4-3-10(8)14;1-2-13-15(12)14-8-7-9-3-5-10(11)6-4-9/h1-6H;9-10,12H,2-8,11H2,1H3. The van der Waals surface area contributed by atoms with E-state index in [1.165, 1.54) is 25.0 Å². The Labute approximate surface area is 171 Å². The first-order valence-electron chi connectivity index (χ1n) is 9.95. The van der Waals surface area contributed by atoms with Gasteiger partial charge in [0.15, 0.2) is 0 Å². The summed E-state index contributed by atoms with van der Waals surface area (Å²) in [6.45, 7) is 2.94. The lowest BCUT2D eigenvalue weighted by atomic mass is 9.85. The first-order chi connectivity index (χ1) is 14.1. The van der Waals surface area contributed by atoms with Gasteiger partial charge in [-0.3, -0.25) is 0 Å². The third-order valence-electron chi connectivity index (χ3n) is 5.05. The number of nitrogens with zero attached hydrogens (tertiary/aromatic N) is 3. The lowest BCUT2D eigenvalue weighted by Gasteiger charge is -2.25. The molecule has 1 aliphatic carbocycles. The van der Waals surface area contributed by atoms with E-state index in [0.29, 0.717) is 24.8 Å². The molecule has 0 bridgehead atoms. The fraction of sp³-hybridized carbons (Fsp3) is 0.500. The van der Waals surface area contributed by atoms with Crippen LogP contribution in [0.1, 0.15) is 39.0 Å². The number of hydrogen-bond acceptors (Lipinski definition) is 6. The highest BCUT2D eigenvalue weighted by Gasteiger charge is 2.18. The molecule has 1 unspecified atom stereocenters. The number of halogens is 1. The van der Waals surface area contributed by atoms with Crippen LogP contribution in [0.3, 0.4) is 0 Å². The Hall–Kier alpha value is -1.70. The van der Waals surface area contributed by atoms with Crippen LogP contribution in [0, 0.1) is 11.7 Å². The molecule has 0 saturated heterocycles. The molecule has 29 heavy (non-hydrogen) atoms. The minimum Gasteiger partial charge on any atom is -0.328 e. The maximum Gasteiger partial charge on any atom is 0.329 e. The second-order valence-electron chi connectivity index (χ2n) is 7.13. The predicted octanol–water partition coefficient (Wildman–Crippen LogP) is 4.19. The zero-order valence-electron chi connectivity index (χ0n) is 16.6. The van der Waals surface area contributed by atoms with Gasteiger partial charge >= 0.3 is 8.60 Å². The summed E-state index contributed by atoms with van der Waals surface area (Å²) in [4.78, 5) is 13.2. The van der Waals surface area contributed by atoms with E-state index in [4.69, 9.17) is 14.8 Å². The van der Waals surface area contributed by atoms with E-state index >= 15 is 0 Å². The Balaban J connectivity index is 0.000000166. The molecule has 7 nitrogen and oxygen atoms in total. The molecule has 1 atom stereocenters. The number of aromatic nitrogens is 3. The minimum atomic E-state index is -1.64. The van der Waals surface area contributed by atoms with Gasteiger partial charge in [-0.2, -0.15) is 5.10 Å². The minimum absolute atomic E-state index is 0.270. The topological polar surface area (TPSA) is 94.9 Å². The fourth-order valence-corrected chi connectivity index (χ4v) is 4.05. The van der Waals surface area contributed by atoms with Crippen molar-refractivity contribution in [2.24, 2.45) is 11.7 Å². The van der Waals surface area contributed by atoms with Gasteiger partial charge in [0.05, 0.1) is 24.2 Å². The average molecular weight is 422 g/mol. The van der Waals surface area contributed by atoms with E-state index in [-0.39, 0.29) is 5.82 Å². The van der Waals surface area contributed by atoms with Crippen molar-refractivity contribution >= 4 is 25.0 Å². The second kappa shape index (κ2) is 10.9. The van der Waals surface area contributed by atoms with Gasteiger partial charge in [0.2, 0.25) is 0 Å². The fourth-order valence-electron chi connectivity index (χ4n) is 3.49. The van der Waals surface area contributed by atoms with Crippen LogP contribution in [0.5, 0.6) is 0 Å². The number of fused-ring (bicyclic) bond motifs is 3. The molecule has 2 heterocycles. The molecule has 1 aliphatic rings. The zero-order valence-corrected chi connectivity index (χ0v) is 17.5. The lowest BCUT2D eigenvalue weighted by molar-refractivity contribution is 0.184. The average Bonchev–Trinajstić information content (AvgIpc) is 3.07. The Morgan fingerprint density at radius 1 is 1.24 bits per heavy atom. The second-order valence-corrected chi connectivity index (χ2v) is 8.12. The van der Waals surface area contributed by atoms with E-state index in [1.807, 2.05) is 13.0 Å².